The molecule has 2 atom stereocenters. The Balaban J connectivity index is 1.69. The van der Waals surface area contributed by atoms with Crippen LogP contribution < -0.4 is 10.1 Å². The zero-order valence-corrected chi connectivity index (χ0v) is 13.1. The monoisotopic (exact) mass is 317 g/mol. The molecule has 23 heavy (non-hydrogen) atoms. The molecule has 8 nitrogen and oxygen atoms in total. The number of hydrogen-bond acceptors (Lipinski definition) is 6. The summed E-state index contributed by atoms with van der Waals surface area (Å²) in [6.07, 6.45) is 3.86. The predicted octanol–water partition coefficient (Wildman–Crippen LogP) is 0.962. The fourth-order valence-electron chi connectivity index (χ4n) is 2.55. The average molecular weight is 317 g/mol. The van der Waals surface area contributed by atoms with Gasteiger partial charge in [0.1, 0.15) is 6.10 Å². The number of rotatable bonds is 5. The van der Waals surface area contributed by atoms with Gasteiger partial charge < -0.3 is 14.8 Å². The quantitative estimate of drug-likeness (QED) is 0.883. The summed E-state index contributed by atoms with van der Waals surface area (Å²) in [5.74, 6) is 0.301. The van der Waals surface area contributed by atoms with Gasteiger partial charge in [-0.05, 0) is 19.4 Å². The Hall–Kier alpha value is -2.48. The standard InChI is InChI=1S/C15H19N5O3/c1-3-20-9-12(18-19-20)15(21)17-11-6-7-23-14(11)10-4-5-13(22-2)16-8-10/h4-5,8-9,11,14H,3,6-7H2,1-2H3,(H,17,21)/t11-,14+/m1/s1. The predicted molar refractivity (Wildman–Crippen MR) is 81.0 cm³/mol. The van der Waals surface area contributed by atoms with Crippen LogP contribution in [0, 0.1) is 0 Å². The number of hydrogen-bond donors (Lipinski definition) is 1. The zero-order chi connectivity index (χ0) is 16.2. The molecule has 0 aromatic carbocycles. The summed E-state index contributed by atoms with van der Waals surface area (Å²) in [5, 5.41) is 10.7. The highest BCUT2D eigenvalue weighted by atomic mass is 16.5. The highest BCUT2D eigenvalue weighted by molar-refractivity contribution is 5.92. The van der Waals surface area contributed by atoms with E-state index in [9.17, 15) is 4.79 Å². The van der Waals surface area contributed by atoms with Crippen LogP contribution in [0.25, 0.3) is 0 Å². The second kappa shape index (κ2) is 6.74. The molecule has 0 saturated carbocycles. The molecule has 1 aliphatic heterocycles. The fourth-order valence-corrected chi connectivity index (χ4v) is 2.55. The van der Waals surface area contributed by atoms with Crippen LogP contribution in [0.15, 0.2) is 24.5 Å². The van der Waals surface area contributed by atoms with E-state index in [0.29, 0.717) is 24.7 Å². The molecule has 2 aromatic rings. The van der Waals surface area contributed by atoms with E-state index in [1.54, 1.807) is 30.3 Å². The van der Waals surface area contributed by atoms with Gasteiger partial charge in [0.15, 0.2) is 5.69 Å². The SMILES string of the molecule is CCn1cc(C(=O)N[C@@H]2CCO[C@H]2c2ccc(OC)nc2)nn1. The Morgan fingerprint density at radius 3 is 3.04 bits per heavy atom. The largest absolute Gasteiger partial charge is 0.481 e. The van der Waals surface area contributed by atoms with Crippen LogP contribution in [0.1, 0.15) is 35.5 Å². The first kappa shape index (κ1) is 15.4. The van der Waals surface area contributed by atoms with E-state index in [2.05, 4.69) is 20.6 Å². The lowest BCUT2D eigenvalue weighted by Gasteiger charge is -2.19. The Labute approximate surface area is 133 Å². The molecule has 1 saturated heterocycles. The molecule has 0 aliphatic carbocycles. The number of nitrogens with zero attached hydrogens (tertiary/aromatic N) is 4. The number of aryl methyl sites for hydroxylation is 1. The van der Waals surface area contributed by atoms with Crippen LogP contribution >= 0.6 is 0 Å². The van der Waals surface area contributed by atoms with Crippen molar-refractivity contribution in [2.75, 3.05) is 13.7 Å². The van der Waals surface area contributed by atoms with Crippen molar-refractivity contribution in [2.45, 2.75) is 32.0 Å². The molecule has 1 N–H and O–H groups in total. The maximum Gasteiger partial charge on any atom is 0.273 e. The van der Waals surface area contributed by atoms with E-state index in [1.165, 1.54) is 0 Å². The van der Waals surface area contributed by atoms with Crippen molar-refractivity contribution < 1.29 is 14.3 Å². The Morgan fingerprint density at radius 2 is 2.39 bits per heavy atom. The first-order valence-corrected chi connectivity index (χ1v) is 7.53. The Bertz CT molecular complexity index is 670. The van der Waals surface area contributed by atoms with Crippen LogP contribution in [0.2, 0.25) is 0 Å². The third-order valence-electron chi connectivity index (χ3n) is 3.80. The minimum absolute atomic E-state index is 0.121. The van der Waals surface area contributed by atoms with Crippen LogP contribution in [0.3, 0.4) is 0 Å². The lowest BCUT2D eigenvalue weighted by molar-refractivity contribution is 0.0816. The van der Waals surface area contributed by atoms with E-state index in [0.717, 1.165) is 12.0 Å². The minimum Gasteiger partial charge on any atom is -0.481 e. The second-order valence-corrected chi connectivity index (χ2v) is 5.25. The van der Waals surface area contributed by atoms with Crippen molar-refractivity contribution in [3.63, 3.8) is 0 Å². The average Bonchev–Trinajstić information content (AvgIpc) is 3.24. The molecule has 0 bridgehead atoms. The Morgan fingerprint density at radius 1 is 1.52 bits per heavy atom. The maximum absolute atomic E-state index is 12.3. The molecule has 2 aromatic heterocycles. The summed E-state index contributed by atoms with van der Waals surface area (Å²) in [6, 6.07) is 3.56. The number of amides is 1. The van der Waals surface area contributed by atoms with Crippen molar-refractivity contribution in [3.8, 4) is 5.88 Å². The van der Waals surface area contributed by atoms with Gasteiger partial charge in [-0.15, -0.1) is 5.10 Å². The van der Waals surface area contributed by atoms with Crippen molar-refractivity contribution in [1.29, 1.82) is 0 Å². The normalized spacial score (nSPS) is 20.4. The summed E-state index contributed by atoms with van der Waals surface area (Å²) in [4.78, 5) is 16.5. The third-order valence-corrected chi connectivity index (χ3v) is 3.80. The molecule has 1 aliphatic rings. The molecule has 0 radical (unpaired) electrons. The van der Waals surface area contributed by atoms with Gasteiger partial charge in [0.25, 0.3) is 5.91 Å². The third kappa shape index (κ3) is 3.31. The molecule has 8 heteroatoms. The summed E-state index contributed by atoms with van der Waals surface area (Å²) < 4.78 is 12.4. The molecule has 0 unspecified atom stereocenters. The van der Waals surface area contributed by atoms with Crippen molar-refractivity contribution in [3.05, 3.63) is 35.8 Å². The van der Waals surface area contributed by atoms with Gasteiger partial charge in [0, 0.05) is 31.0 Å². The van der Waals surface area contributed by atoms with Gasteiger partial charge in [-0.2, -0.15) is 0 Å². The summed E-state index contributed by atoms with van der Waals surface area (Å²) in [7, 11) is 1.57. The molecule has 0 spiro atoms. The fraction of sp³-hybridized carbons (Fsp3) is 0.467. The van der Waals surface area contributed by atoms with E-state index in [4.69, 9.17) is 9.47 Å². The molecule has 3 rings (SSSR count). The second-order valence-electron chi connectivity index (χ2n) is 5.25. The first-order valence-electron chi connectivity index (χ1n) is 7.53. The summed E-state index contributed by atoms with van der Waals surface area (Å²) in [5.41, 5.74) is 1.22. The van der Waals surface area contributed by atoms with E-state index < -0.39 is 0 Å². The van der Waals surface area contributed by atoms with Gasteiger partial charge in [-0.1, -0.05) is 5.21 Å². The maximum atomic E-state index is 12.3. The molecular weight excluding hydrogens is 298 g/mol. The molecule has 3 heterocycles. The van der Waals surface area contributed by atoms with E-state index in [-0.39, 0.29) is 18.1 Å². The van der Waals surface area contributed by atoms with Gasteiger partial charge >= 0.3 is 0 Å². The number of aromatic nitrogens is 4. The molecular formula is C15H19N5O3. The number of nitrogens with one attached hydrogen (secondary N) is 1. The van der Waals surface area contributed by atoms with Crippen molar-refractivity contribution >= 4 is 5.91 Å². The van der Waals surface area contributed by atoms with Crippen LogP contribution in [-0.4, -0.2) is 45.6 Å². The molecule has 1 amide bonds. The van der Waals surface area contributed by atoms with E-state index >= 15 is 0 Å². The van der Waals surface area contributed by atoms with Crippen LogP contribution in [-0.2, 0) is 11.3 Å². The van der Waals surface area contributed by atoms with Crippen LogP contribution in [0.4, 0.5) is 0 Å². The smallest absolute Gasteiger partial charge is 0.273 e. The highest BCUT2D eigenvalue weighted by Crippen LogP contribution is 2.29. The number of methoxy groups -OCH3 is 1. The number of ether oxygens (including phenoxy) is 2. The summed E-state index contributed by atoms with van der Waals surface area (Å²) >= 11 is 0. The lowest BCUT2D eigenvalue weighted by Crippen LogP contribution is -2.37. The highest BCUT2D eigenvalue weighted by Gasteiger charge is 2.32. The zero-order valence-electron chi connectivity index (χ0n) is 13.1. The van der Waals surface area contributed by atoms with Gasteiger partial charge in [-0.3, -0.25) is 9.48 Å². The number of carbonyl (C=O) groups is 1. The number of pyridine rings is 1. The molecule has 1 fully saturated rings. The first-order chi connectivity index (χ1) is 11.2. The lowest BCUT2D eigenvalue weighted by atomic mass is 10.0. The Kier molecular flexibility index (Phi) is 4.52. The summed E-state index contributed by atoms with van der Waals surface area (Å²) in [6.45, 7) is 3.20. The van der Waals surface area contributed by atoms with Gasteiger partial charge in [-0.25, -0.2) is 4.98 Å². The number of carbonyl (C=O) groups excluding carboxylic acids is 1. The van der Waals surface area contributed by atoms with E-state index in [1.807, 2.05) is 13.0 Å². The van der Waals surface area contributed by atoms with Crippen LogP contribution in [0.5, 0.6) is 5.88 Å². The van der Waals surface area contributed by atoms with Gasteiger partial charge in [0.05, 0.1) is 19.3 Å². The minimum atomic E-state index is -0.244. The topological polar surface area (TPSA) is 91.2 Å². The van der Waals surface area contributed by atoms with Crippen molar-refractivity contribution in [1.82, 2.24) is 25.3 Å². The molecule has 122 valence electrons. The van der Waals surface area contributed by atoms with Crippen molar-refractivity contribution in [2.24, 2.45) is 0 Å². The van der Waals surface area contributed by atoms with Gasteiger partial charge in [0.2, 0.25) is 5.88 Å².